The maximum absolute atomic E-state index is 12.1. The summed E-state index contributed by atoms with van der Waals surface area (Å²) in [4.78, 5) is 20.5. The molecule has 0 spiro atoms. The number of hydrogen-bond donors (Lipinski definition) is 1. The zero-order valence-electron chi connectivity index (χ0n) is 13.7. The number of carbonyl (C=O) groups is 1. The van der Waals surface area contributed by atoms with Crippen LogP contribution in [-0.4, -0.2) is 37.2 Å². The molecule has 1 aliphatic carbocycles. The average Bonchev–Trinajstić information content (AvgIpc) is 2.94. The van der Waals surface area contributed by atoms with Crippen molar-refractivity contribution in [2.75, 3.05) is 6.61 Å². The Morgan fingerprint density at radius 2 is 2.08 bits per heavy atom. The summed E-state index contributed by atoms with van der Waals surface area (Å²) in [6.07, 6.45) is 6.48. The van der Waals surface area contributed by atoms with Gasteiger partial charge in [-0.3, -0.25) is 4.79 Å². The molecule has 0 aliphatic heterocycles. The minimum Gasteiger partial charge on any atom is -0.438 e. The Kier molecular flexibility index (Phi) is 4.15. The van der Waals surface area contributed by atoms with Crippen LogP contribution in [-0.2, 0) is 13.0 Å². The Morgan fingerprint density at radius 3 is 2.96 bits per heavy atom. The molecular weight excluding hydrogens is 320 g/mol. The van der Waals surface area contributed by atoms with Gasteiger partial charge in [0.2, 0.25) is 5.88 Å². The number of fused-ring (bicyclic) bond motifs is 2. The summed E-state index contributed by atoms with van der Waals surface area (Å²) in [6, 6.07) is 5.56. The maximum atomic E-state index is 12.1. The molecule has 128 valence electrons. The summed E-state index contributed by atoms with van der Waals surface area (Å²) < 4.78 is 7.56. The minimum absolute atomic E-state index is 0.0180. The zero-order chi connectivity index (χ0) is 17.2. The largest absolute Gasteiger partial charge is 0.438 e. The number of carbonyl (C=O) groups excluding carboxylic acids is 1. The molecule has 0 amide bonds. The second-order valence-corrected chi connectivity index (χ2v) is 6.06. The molecule has 0 atom stereocenters. The first-order valence-electron chi connectivity index (χ1n) is 8.37. The van der Waals surface area contributed by atoms with Crippen molar-refractivity contribution in [3.8, 4) is 11.6 Å². The molecule has 0 unspecified atom stereocenters. The van der Waals surface area contributed by atoms with E-state index in [1.807, 2.05) is 12.1 Å². The number of hydrogen-bond acceptors (Lipinski definition) is 6. The lowest BCUT2D eigenvalue weighted by Crippen LogP contribution is -2.04. The Bertz CT molecular complexity index is 935. The molecule has 0 saturated carbocycles. The first kappa shape index (κ1) is 15.7. The second kappa shape index (κ2) is 6.60. The van der Waals surface area contributed by atoms with Gasteiger partial charge in [-0.1, -0.05) is 0 Å². The van der Waals surface area contributed by atoms with Crippen molar-refractivity contribution in [3.63, 3.8) is 0 Å². The van der Waals surface area contributed by atoms with Gasteiger partial charge in [0.25, 0.3) is 0 Å². The highest BCUT2D eigenvalue weighted by Gasteiger charge is 2.17. The summed E-state index contributed by atoms with van der Waals surface area (Å²) in [7, 11) is 0. The van der Waals surface area contributed by atoms with Gasteiger partial charge in [0.1, 0.15) is 17.5 Å². The number of ketones is 1. The highest BCUT2D eigenvalue weighted by molar-refractivity contribution is 5.98. The summed E-state index contributed by atoms with van der Waals surface area (Å²) in [5.41, 5.74) is 2.44. The summed E-state index contributed by atoms with van der Waals surface area (Å²) in [6.45, 7) is 0.344. The lowest BCUT2D eigenvalue weighted by Gasteiger charge is -2.09. The third kappa shape index (κ3) is 2.98. The molecule has 25 heavy (non-hydrogen) atoms. The van der Waals surface area contributed by atoms with Crippen LogP contribution >= 0.6 is 0 Å². The predicted octanol–water partition coefficient (Wildman–Crippen LogP) is 2.52. The van der Waals surface area contributed by atoms with Crippen molar-refractivity contribution in [1.29, 1.82) is 0 Å². The Labute approximate surface area is 144 Å². The molecule has 0 bridgehead atoms. The quantitative estimate of drug-likeness (QED) is 0.735. The molecule has 3 aromatic rings. The number of benzene rings is 1. The van der Waals surface area contributed by atoms with Crippen LogP contribution in [0, 0.1) is 0 Å². The number of aliphatic hydroxyl groups excluding tert-OH is 1. The van der Waals surface area contributed by atoms with E-state index in [0.29, 0.717) is 35.6 Å². The van der Waals surface area contributed by atoms with E-state index in [1.54, 1.807) is 16.9 Å². The SMILES string of the molecule is O=C1CCCCc2cc(Oc3ncnc4c3cnn4CCO)ccc21. The average molecular weight is 338 g/mol. The fourth-order valence-electron chi connectivity index (χ4n) is 3.17. The molecular formula is C18H18N4O3. The number of ether oxygens (including phenoxy) is 1. The van der Waals surface area contributed by atoms with Crippen LogP contribution in [0.5, 0.6) is 11.6 Å². The van der Waals surface area contributed by atoms with Gasteiger partial charge in [-0.2, -0.15) is 5.10 Å². The van der Waals surface area contributed by atoms with E-state index in [9.17, 15) is 4.79 Å². The Balaban J connectivity index is 1.68. The summed E-state index contributed by atoms with van der Waals surface area (Å²) in [5, 5.41) is 14.0. The molecule has 0 saturated heterocycles. The minimum atomic E-state index is -0.0180. The molecule has 7 heteroatoms. The van der Waals surface area contributed by atoms with Gasteiger partial charge in [-0.25, -0.2) is 14.6 Å². The van der Waals surface area contributed by atoms with E-state index in [2.05, 4.69) is 15.1 Å². The van der Waals surface area contributed by atoms with Crippen molar-refractivity contribution in [2.45, 2.75) is 32.2 Å². The highest BCUT2D eigenvalue weighted by Crippen LogP contribution is 2.30. The molecule has 1 aromatic carbocycles. The molecule has 2 aromatic heterocycles. The third-order valence-corrected chi connectivity index (χ3v) is 4.40. The fourth-order valence-corrected chi connectivity index (χ4v) is 3.17. The number of Topliss-reactive ketones (excluding diaryl/α,β-unsaturated/α-hetero) is 1. The molecule has 0 radical (unpaired) electrons. The van der Waals surface area contributed by atoms with Gasteiger partial charge in [0.15, 0.2) is 11.4 Å². The number of aryl methyl sites for hydroxylation is 1. The molecule has 4 rings (SSSR count). The van der Waals surface area contributed by atoms with Crippen molar-refractivity contribution in [3.05, 3.63) is 41.9 Å². The van der Waals surface area contributed by atoms with Crippen LogP contribution in [0.25, 0.3) is 11.0 Å². The van der Waals surface area contributed by atoms with Crippen LogP contribution in [0.15, 0.2) is 30.7 Å². The number of rotatable bonds is 4. The fraction of sp³-hybridized carbons (Fsp3) is 0.333. The Hall–Kier alpha value is -2.80. The summed E-state index contributed by atoms with van der Waals surface area (Å²) >= 11 is 0. The van der Waals surface area contributed by atoms with Crippen LogP contribution in [0.1, 0.15) is 35.2 Å². The van der Waals surface area contributed by atoms with Crippen LogP contribution in [0.4, 0.5) is 0 Å². The molecule has 7 nitrogen and oxygen atoms in total. The third-order valence-electron chi connectivity index (χ3n) is 4.40. The molecule has 1 N–H and O–H groups in total. The second-order valence-electron chi connectivity index (χ2n) is 6.06. The highest BCUT2D eigenvalue weighted by atomic mass is 16.5. The zero-order valence-corrected chi connectivity index (χ0v) is 13.7. The van der Waals surface area contributed by atoms with Crippen molar-refractivity contribution < 1.29 is 14.6 Å². The van der Waals surface area contributed by atoms with Gasteiger partial charge in [-0.15, -0.1) is 0 Å². The first-order valence-corrected chi connectivity index (χ1v) is 8.37. The van der Waals surface area contributed by atoms with Gasteiger partial charge >= 0.3 is 0 Å². The number of aliphatic hydroxyl groups is 1. The monoisotopic (exact) mass is 338 g/mol. The normalized spacial score (nSPS) is 14.4. The lowest BCUT2D eigenvalue weighted by atomic mass is 10.0. The number of aromatic nitrogens is 4. The molecule has 0 fully saturated rings. The van der Waals surface area contributed by atoms with E-state index in [4.69, 9.17) is 9.84 Å². The van der Waals surface area contributed by atoms with Gasteiger partial charge < -0.3 is 9.84 Å². The molecule has 1 aliphatic rings. The van der Waals surface area contributed by atoms with Crippen molar-refractivity contribution in [2.24, 2.45) is 0 Å². The smallest absolute Gasteiger partial charge is 0.233 e. The predicted molar refractivity (Wildman–Crippen MR) is 90.8 cm³/mol. The van der Waals surface area contributed by atoms with E-state index in [1.165, 1.54) is 6.33 Å². The van der Waals surface area contributed by atoms with Gasteiger partial charge in [0.05, 0.1) is 19.3 Å². The van der Waals surface area contributed by atoms with E-state index in [-0.39, 0.29) is 12.4 Å². The van der Waals surface area contributed by atoms with Crippen molar-refractivity contribution in [1.82, 2.24) is 19.7 Å². The number of nitrogens with zero attached hydrogens (tertiary/aromatic N) is 4. The first-order chi connectivity index (χ1) is 12.3. The van der Waals surface area contributed by atoms with Crippen molar-refractivity contribution >= 4 is 16.8 Å². The van der Waals surface area contributed by atoms with Gasteiger partial charge in [0, 0.05) is 12.0 Å². The van der Waals surface area contributed by atoms with E-state index >= 15 is 0 Å². The summed E-state index contributed by atoms with van der Waals surface area (Å²) in [5.74, 6) is 1.26. The van der Waals surface area contributed by atoms with Crippen LogP contribution < -0.4 is 4.74 Å². The van der Waals surface area contributed by atoms with E-state index < -0.39 is 0 Å². The van der Waals surface area contributed by atoms with E-state index in [0.717, 1.165) is 30.4 Å². The topological polar surface area (TPSA) is 90.1 Å². The van der Waals surface area contributed by atoms with Crippen LogP contribution in [0.2, 0.25) is 0 Å². The lowest BCUT2D eigenvalue weighted by molar-refractivity contribution is 0.0982. The van der Waals surface area contributed by atoms with Crippen LogP contribution in [0.3, 0.4) is 0 Å². The Morgan fingerprint density at radius 1 is 1.20 bits per heavy atom. The maximum Gasteiger partial charge on any atom is 0.233 e. The van der Waals surface area contributed by atoms with Gasteiger partial charge in [-0.05, 0) is 43.0 Å². The standard InChI is InChI=1S/C18H18N4O3/c23-8-7-22-17-15(10-21-22)18(20-11-19-17)25-13-5-6-14-12(9-13)3-1-2-4-16(14)24/h5-6,9-11,23H,1-4,7-8H2. The molecule has 2 heterocycles.